The Morgan fingerprint density at radius 2 is 1.78 bits per heavy atom. The van der Waals surface area contributed by atoms with E-state index in [4.69, 9.17) is 18.0 Å². The first kappa shape index (κ1) is 17.4. The van der Waals surface area contributed by atoms with Gasteiger partial charge in [0.1, 0.15) is 0 Å². The van der Waals surface area contributed by atoms with Crippen molar-refractivity contribution in [1.29, 1.82) is 0 Å². The third-order valence-corrected chi connectivity index (χ3v) is 3.96. The SMILES string of the molecule is CCCC(CCC)(C(=O)NCC(C)CC)C(N)=S. The first-order valence-corrected chi connectivity index (χ1v) is 7.43. The highest BCUT2D eigenvalue weighted by Gasteiger charge is 2.39. The number of carbonyl (C=O) groups excluding carboxylic acids is 1. The topological polar surface area (TPSA) is 55.1 Å². The van der Waals surface area contributed by atoms with E-state index in [1.165, 1.54) is 0 Å². The van der Waals surface area contributed by atoms with Gasteiger partial charge in [0, 0.05) is 6.54 Å². The molecule has 18 heavy (non-hydrogen) atoms. The molecule has 0 bridgehead atoms. The van der Waals surface area contributed by atoms with Gasteiger partial charge in [0.05, 0.1) is 10.4 Å². The van der Waals surface area contributed by atoms with E-state index in [2.05, 4.69) is 33.0 Å². The summed E-state index contributed by atoms with van der Waals surface area (Å²) < 4.78 is 0. The van der Waals surface area contributed by atoms with Gasteiger partial charge in [-0.05, 0) is 18.8 Å². The molecule has 106 valence electrons. The lowest BCUT2D eigenvalue weighted by Gasteiger charge is -2.31. The zero-order valence-electron chi connectivity index (χ0n) is 12.2. The first-order chi connectivity index (χ1) is 8.44. The molecular weight excluding hydrogens is 244 g/mol. The number of hydrogen-bond acceptors (Lipinski definition) is 2. The third-order valence-electron chi connectivity index (χ3n) is 3.57. The molecule has 0 fully saturated rings. The number of nitrogens with two attached hydrogens (primary N) is 1. The van der Waals surface area contributed by atoms with Crippen LogP contribution in [0.3, 0.4) is 0 Å². The highest BCUT2D eigenvalue weighted by molar-refractivity contribution is 7.80. The van der Waals surface area contributed by atoms with Crippen LogP contribution in [0, 0.1) is 11.3 Å². The summed E-state index contributed by atoms with van der Waals surface area (Å²) in [4.78, 5) is 12.8. The number of thiocarbonyl (C=S) groups is 1. The van der Waals surface area contributed by atoms with Gasteiger partial charge in [-0.3, -0.25) is 4.79 Å². The summed E-state index contributed by atoms with van der Waals surface area (Å²) in [5, 5.41) is 3.02. The Morgan fingerprint density at radius 3 is 2.11 bits per heavy atom. The van der Waals surface area contributed by atoms with Crippen molar-refractivity contribution in [2.45, 2.75) is 59.8 Å². The molecule has 0 aliphatic rings. The zero-order chi connectivity index (χ0) is 14.2. The summed E-state index contributed by atoms with van der Waals surface area (Å²) >= 11 is 5.16. The standard InChI is InChI=1S/C14H28N2OS/c1-5-8-14(9-6-2,12(15)18)13(17)16-10-11(4)7-3/h11H,5-10H2,1-4H3,(H2,15,18)(H,16,17). The average Bonchev–Trinajstić information content (AvgIpc) is 2.34. The van der Waals surface area contributed by atoms with Crippen molar-refractivity contribution in [3.63, 3.8) is 0 Å². The second-order valence-corrected chi connectivity index (χ2v) is 5.61. The molecule has 0 heterocycles. The Labute approximate surface area is 117 Å². The van der Waals surface area contributed by atoms with E-state index in [1.807, 2.05) is 0 Å². The molecular formula is C14H28N2OS. The fourth-order valence-electron chi connectivity index (χ4n) is 2.14. The summed E-state index contributed by atoms with van der Waals surface area (Å²) in [5.74, 6) is 0.500. The van der Waals surface area contributed by atoms with Crippen molar-refractivity contribution in [2.75, 3.05) is 6.54 Å². The van der Waals surface area contributed by atoms with Crippen LogP contribution in [0.15, 0.2) is 0 Å². The molecule has 0 aliphatic heterocycles. The summed E-state index contributed by atoms with van der Waals surface area (Å²) in [7, 11) is 0. The normalized spacial score (nSPS) is 13.1. The molecule has 4 heteroatoms. The van der Waals surface area contributed by atoms with Crippen molar-refractivity contribution in [1.82, 2.24) is 5.32 Å². The van der Waals surface area contributed by atoms with Crippen LogP contribution < -0.4 is 11.1 Å². The van der Waals surface area contributed by atoms with Gasteiger partial charge in [0.25, 0.3) is 0 Å². The molecule has 0 saturated carbocycles. The summed E-state index contributed by atoms with van der Waals surface area (Å²) in [6, 6.07) is 0. The molecule has 0 spiro atoms. The van der Waals surface area contributed by atoms with Crippen molar-refractivity contribution in [3.05, 3.63) is 0 Å². The fourth-order valence-corrected chi connectivity index (χ4v) is 2.44. The molecule has 1 amide bonds. The molecule has 1 unspecified atom stereocenters. The minimum absolute atomic E-state index is 0.0130. The highest BCUT2D eigenvalue weighted by atomic mass is 32.1. The lowest BCUT2D eigenvalue weighted by atomic mass is 9.78. The molecule has 0 rings (SSSR count). The molecule has 0 aromatic rings. The molecule has 0 radical (unpaired) electrons. The van der Waals surface area contributed by atoms with Gasteiger partial charge in [-0.2, -0.15) is 0 Å². The van der Waals surface area contributed by atoms with Crippen molar-refractivity contribution in [2.24, 2.45) is 17.1 Å². The van der Waals surface area contributed by atoms with Crippen LogP contribution in [-0.2, 0) is 4.79 Å². The lowest BCUT2D eigenvalue weighted by molar-refractivity contribution is -0.128. The van der Waals surface area contributed by atoms with E-state index >= 15 is 0 Å². The smallest absolute Gasteiger partial charge is 0.233 e. The van der Waals surface area contributed by atoms with E-state index in [0.717, 1.165) is 32.1 Å². The zero-order valence-corrected chi connectivity index (χ0v) is 13.0. The van der Waals surface area contributed by atoms with Crippen molar-refractivity contribution >= 4 is 23.1 Å². The number of carbonyl (C=O) groups is 1. The van der Waals surface area contributed by atoms with E-state index < -0.39 is 5.41 Å². The molecule has 0 aliphatic carbocycles. The van der Waals surface area contributed by atoms with Gasteiger partial charge in [-0.15, -0.1) is 0 Å². The average molecular weight is 272 g/mol. The van der Waals surface area contributed by atoms with Crippen LogP contribution in [0.1, 0.15) is 59.8 Å². The van der Waals surface area contributed by atoms with Gasteiger partial charge in [-0.1, -0.05) is 59.2 Å². The Morgan fingerprint density at radius 1 is 1.28 bits per heavy atom. The molecule has 3 nitrogen and oxygen atoms in total. The lowest BCUT2D eigenvalue weighted by Crippen LogP contribution is -2.49. The van der Waals surface area contributed by atoms with Gasteiger partial charge in [-0.25, -0.2) is 0 Å². The van der Waals surface area contributed by atoms with Crippen molar-refractivity contribution in [3.8, 4) is 0 Å². The van der Waals surface area contributed by atoms with E-state index in [1.54, 1.807) is 0 Å². The number of amides is 1. The maximum atomic E-state index is 12.4. The van der Waals surface area contributed by atoms with E-state index in [9.17, 15) is 4.79 Å². The van der Waals surface area contributed by atoms with E-state index in [-0.39, 0.29) is 5.91 Å². The van der Waals surface area contributed by atoms with Crippen LogP contribution in [-0.4, -0.2) is 17.4 Å². The quantitative estimate of drug-likeness (QED) is 0.634. The van der Waals surface area contributed by atoms with Crippen LogP contribution in [0.2, 0.25) is 0 Å². The van der Waals surface area contributed by atoms with Crippen LogP contribution >= 0.6 is 12.2 Å². The van der Waals surface area contributed by atoms with Crippen LogP contribution in [0.4, 0.5) is 0 Å². The Balaban J connectivity index is 4.82. The monoisotopic (exact) mass is 272 g/mol. The second kappa shape index (κ2) is 8.46. The molecule has 0 saturated heterocycles. The Hall–Kier alpha value is -0.640. The summed E-state index contributed by atoms with van der Waals surface area (Å²) in [5.41, 5.74) is 5.21. The van der Waals surface area contributed by atoms with Crippen LogP contribution in [0.5, 0.6) is 0 Å². The number of nitrogens with one attached hydrogen (secondary N) is 1. The highest BCUT2D eigenvalue weighted by Crippen LogP contribution is 2.31. The van der Waals surface area contributed by atoms with Crippen molar-refractivity contribution < 1.29 is 4.79 Å². The molecule has 1 atom stereocenters. The van der Waals surface area contributed by atoms with E-state index in [0.29, 0.717) is 17.5 Å². The van der Waals surface area contributed by atoms with Gasteiger partial charge in [0.15, 0.2) is 0 Å². The predicted molar refractivity (Wildman–Crippen MR) is 81.5 cm³/mol. The fraction of sp³-hybridized carbons (Fsp3) is 0.857. The second-order valence-electron chi connectivity index (χ2n) is 5.17. The molecule has 0 aromatic carbocycles. The van der Waals surface area contributed by atoms with Gasteiger partial charge < -0.3 is 11.1 Å². The Bertz CT molecular complexity index is 273. The maximum Gasteiger partial charge on any atom is 0.233 e. The largest absolute Gasteiger partial charge is 0.392 e. The maximum absolute atomic E-state index is 12.4. The minimum atomic E-state index is -0.647. The molecule has 3 N–H and O–H groups in total. The number of hydrogen-bond donors (Lipinski definition) is 2. The third kappa shape index (κ3) is 4.56. The predicted octanol–water partition coefficient (Wildman–Crippen LogP) is 3.02. The first-order valence-electron chi connectivity index (χ1n) is 7.02. The van der Waals surface area contributed by atoms with Crippen LogP contribution in [0.25, 0.3) is 0 Å². The Kier molecular flexibility index (Phi) is 8.16. The minimum Gasteiger partial charge on any atom is -0.392 e. The molecule has 0 aromatic heterocycles. The summed E-state index contributed by atoms with van der Waals surface area (Å²) in [6.45, 7) is 9.07. The van der Waals surface area contributed by atoms with Gasteiger partial charge in [0.2, 0.25) is 5.91 Å². The number of rotatable bonds is 9. The summed E-state index contributed by atoms with van der Waals surface area (Å²) in [6.07, 6.45) is 4.36. The van der Waals surface area contributed by atoms with Gasteiger partial charge >= 0.3 is 0 Å².